The van der Waals surface area contributed by atoms with Crippen LogP contribution in [0.15, 0.2) is 24.3 Å². The van der Waals surface area contributed by atoms with Gasteiger partial charge in [-0.25, -0.2) is 0 Å². The Bertz CT molecular complexity index is 357. The summed E-state index contributed by atoms with van der Waals surface area (Å²) in [6.45, 7) is 3.04. The largest absolute Gasteiger partial charge is 0.399 e. The number of imide groups is 1. The number of rotatable bonds is 2. The first kappa shape index (κ1) is 11.2. The number of anilines is 1. The summed E-state index contributed by atoms with van der Waals surface area (Å²) >= 11 is 0. The van der Waals surface area contributed by atoms with Gasteiger partial charge in [0.15, 0.2) is 0 Å². The van der Waals surface area contributed by atoms with Crippen LogP contribution in [0.2, 0.25) is 0 Å². The molecule has 0 aliphatic heterocycles. The minimum atomic E-state index is -0.251. The number of hydrogen-bond donors (Lipinski definition) is 1. The van der Waals surface area contributed by atoms with Crippen molar-refractivity contribution in [1.29, 1.82) is 0 Å². The topological polar surface area (TPSA) is 63.4 Å². The molecule has 0 atom stereocenters. The lowest BCUT2D eigenvalue weighted by Crippen LogP contribution is -2.32. The van der Waals surface area contributed by atoms with Crippen molar-refractivity contribution in [2.45, 2.75) is 20.4 Å². The standard InChI is InChI=1S/C11H14N2O2/c1-8(14)13(9(2)15)7-10-3-5-11(12)6-4-10/h3-6H,7,12H2,1-2H3. The average Bonchev–Trinajstić information content (AvgIpc) is 2.15. The molecule has 0 saturated heterocycles. The lowest BCUT2D eigenvalue weighted by molar-refractivity contribution is -0.142. The van der Waals surface area contributed by atoms with E-state index in [0.29, 0.717) is 12.2 Å². The molecule has 0 aliphatic carbocycles. The van der Waals surface area contributed by atoms with E-state index in [1.54, 1.807) is 24.3 Å². The van der Waals surface area contributed by atoms with E-state index in [9.17, 15) is 9.59 Å². The summed E-state index contributed by atoms with van der Waals surface area (Å²) in [5.41, 5.74) is 7.08. The highest BCUT2D eigenvalue weighted by Gasteiger charge is 2.13. The Morgan fingerprint density at radius 3 is 2.00 bits per heavy atom. The van der Waals surface area contributed by atoms with Crippen molar-refractivity contribution in [2.24, 2.45) is 0 Å². The van der Waals surface area contributed by atoms with Gasteiger partial charge in [0.25, 0.3) is 0 Å². The molecule has 4 nitrogen and oxygen atoms in total. The Kier molecular flexibility index (Phi) is 3.44. The zero-order chi connectivity index (χ0) is 11.4. The molecule has 2 amide bonds. The van der Waals surface area contributed by atoms with Crippen LogP contribution in [0.3, 0.4) is 0 Å². The van der Waals surface area contributed by atoms with E-state index in [4.69, 9.17) is 5.73 Å². The molecule has 4 heteroatoms. The lowest BCUT2D eigenvalue weighted by Gasteiger charge is -2.16. The zero-order valence-corrected chi connectivity index (χ0v) is 8.86. The molecule has 1 rings (SSSR count). The minimum absolute atomic E-state index is 0.251. The Morgan fingerprint density at radius 1 is 1.13 bits per heavy atom. The van der Waals surface area contributed by atoms with Crippen LogP contribution in [0.25, 0.3) is 0 Å². The maximum atomic E-state index is 11.1. The fraction of sp³-hybridized carbons (Fsp3) is 0.273. The first-order valence-corrected chi connectivity index (χ1v) is 4.64. The molecule has 0 fully saturated rings. The molecule has 0 saturated carbocycles. The smallest absolute Gasteiger partial charge is 0.226 e. The predicted molar refractivity (Wildman–Crippen MR) is 57.8 cm³/mol. The molecule has 15 heavy (non-hydrogen) atoms. The lowest BCUT2D eigenvalue weighted by atomic mass is 10.2. The third-order valence-corrected chi connectivity index (χ3v) is 2.08. The summed E-state index contributed by atoms with van der Waals surface area (Å²) in [5.74, 6) is -0.501. The molecular weight excluding hydrogens is 192 g/mol. The van der Waals surface area contributed by atoms with Gasteiger partial charge in [0.1, 0.15) is 0 Å². The van der Waals surface area contributed by atoms with Crippen molar-refractivity contribution in [3.05, 3.63) is 29.8 Å². The van der Waals surface area contributed by atoms with E-state index < -0.39 is 0 Å². The normalized spacial score (nSPS) is 9.73. The number of nitrogens with two attached hydrogens (primary N) is 1. The Morgan fingerprint density at radius 2 is 1.60 bits per heavy atom. The summed E-state index contributed by atoms with van der Waals surface area (Å²) in [5, 5.41) is 0. The van der Waals surface area contributed by atoms with Crippen molar-refractivity contribution in [3.63, 3.8) is 0 Å². The molecule has 0 aliphatic rings. The molecule has 0 radical (unpaired) electrons. The van der Waals surface area contributed by atoms with Gasteiger partial charge in [0.2, 0.25) is 11.8 Å². The van der Waals surface area contributed by atoms with E-state index >= 15 is 0 Å². The maximum absolute atomic E-state index is 11.1. The fourth-order valence-corrected chi connectivity index (χ4v) is 1.25. The number of hydrogen-bond acceptors (Lipinski definition) is 3. The van der Waals surface area contributed by atoms with E-state index in [1.165, 1.54) is 18.7 Å². The van der Waals surface area contributed by atoms with Crippen LogP contribution in [-0.2, 0) is 16.1 Å². The fourth-order valence-electron chi connectivity index (χ4n) is 1.25. The van der Waals surface area contributed by atoms with Crippen molar-refractivity contribution in [3.8, 4) is 0 Å². The predicted octanol–water partition coefficient (Wildman–Crippen LogP) is 1.16. The van der Waals surface area contributed by atoms with Gasteiger partial charge in [-0.2, -0.15) is 0 Å². The molecule has 0 bridgehead atoms. The summed E-state index contributed by atoms with van der Waals surface area (Å²) in [6, 6.07) is 7.09. The van der Waals surface area contributed by atoms with Gasteiger partial charge in [0, 0.05) is 19.5 Å². The van der Waals surface area contributed by atoms with Gasteiger partial charge >= 0.3 is 0 Å². The van der Waals surface area contributed by atoms with Crippen LogP contribution in [0.4, 0.5) is 5.69 Å². The van der Waals surface area contributed by atoms with Crippen LogP contribution in [0, 0.1) is 0 Å². The maximum Gasteiger partial charge on any atom is 0.226 e. The first-order chi connectivity index (χ1) is 7.00. The number of carbonyl (C=O) groups excluding carboxylic acids is 2. The summed E-state index contributed by atoms with van der Waals surface area (Å²) in [7, 11) is 0. The second-order valence-electron chi connectivity index (χ2n) is 3.37. The molecule has 1 aromatic rings. The molecule has 0 unspecified atom stereocenters. The van der Waals surface area contributed by atoms with Gasteiger partial charge < -0.3 is 5.73 Å². The SMILES string of the molecule is CC(=O)N(Cc1ccc(N)cc1)C(C)=O. The Balaban J connectivity index is 2.79. The average molecular weight is 206 g/mol. The van der Waals surface area contributed by atoms with Gasteiger partial charge in [0.05, 0.1) is 6.54 Å². The van der Waals surface area contributed by atoms with Crippen molar-refractivity contribution in [2.75, 3.05) is 5.73 Å². The minimum Gasteiger partial charge on any atom is -0.399 e. The first-order valence-electron chi connectivity index (χ1n) is 4.64. The van der Waals surface area contributed by atoms with Crippen molar-refractivity contribution >= 4 is 17.5 Å². The van der Waals surface area contributed by atoms with Crippen LogP contribution >= 0.6 is 0 Å². The number of carbonyl (C=O) groups is 2. The van der Waals surface area contributed by atoms with Crippen LogP contribution in [0.1, 0.15) is 19.4 Å². The van der Waals surface area contributed by atoms with Gasteiger partial charge in [-0.15, -0.1) is 0 Å². The molecule has 0 heterocycles. The Hall–Kier alpha value is -1.84. The third-order valence-electron chi connectivity index (χ3n) is 2.08. The van der Waals surface area contributed by atoms with Crippen LogP contribution in [-0.4, -0.2) is 16.7 Å². The van der Waals surface area contributed by atoms with Gasteiger partial charge in [-0.1, -0.05) is 12.1 Å². The molecule has 0 aromatic heterocycles. The second-order valence-corrected chi connectivity index (χ2v) is 3.37. The van der Waals surface area contributed by atoms with E-state index in [0.717, 1.165) is 5.56 Å². The summed E-state index contributed by atoms with van der Waals surface area (Å²) in [6.07, 6.45) is 0. The number of nitrogens with zero attached hydrogens (tertiary/aromatic N) is 1. The van der Waals surface area contributed by atoms with E-state index in [1.807, 2.05) is 0 Å². The summed E-state index contributed by atoms with van der Waals surface area (Å²) in [4.78, 5) is 23.5. The van der Waals surface area contributed by atoms with E-state index in [-0.39, 0.29) is 11.8 Å². The molecule has 1 aromatic carbocycles. The van der Waals surface area contributed by atoms with Gasteiger partial charge in [-0.05, 0) is 17.7 Å². The molecule has 80 valence electrons. The number of amides is 2. The Labute approximate surface area is 88.7 Å². The molecule has 2 N–H and O–H groups in total. The van der Waals surface area contributed by atoms with Gasteiger partial charge in [-0.3, -0.25) is 14.5 Å². The third kappa shape index (κ3) is 3.09. The highest BCUT2D eigenvalue weighted by molar-refractivity contribution is 5.92. The van der Waals surface area contributed by atoms with E-state index in [2.05, 4.69) is 0 Å². The van der Waals surface area contributed by atoms with Crippen LogP contribution < -0.4 is 5.73 Å². The highest BCUT2D eigenvalue weighted by Crippen LogP contribution is 2.08. The highest BCUT2D eigenvalue weighted by atomic mass is 16.2. The zero-order valence-electron chi connectivity index (χ0n) is 8.86. The second kappa shape index (κ2) is 4.59. The molecular formula is C11H14N2O2. The number of benzene rings is 1. The van der Waals surface area contributed by atoms with Crippen LogP contribution in [0.5, 0.6) is 0 Å². The number of nitrogen functional groups attached to an aromatic ring is 1. The van der Waals surface area contributed by atoms with Crippen molar-refractivity contribution in [1.82, 2.24) is 4.90 Å². The monoisotopic (exact) mass is 206 g/mol. The van der Waals surface area contributed by atoms with Crippen molar-refractivity contribution < 1.29 is 9.59 Å². The quantitative estimate of drug-likeness (QED) is 0.738. The summed E-state index contributed by atoms with van der Waals surface area (Å²) < 4.78 is 0. The molecule has 0 spiro atoms.